The zero-order chi connectivity index (χ0) is 20.9. The second-order valence-corrected chi connectivity index (χ2v) is 7.63. The minimum Gasteiger partial charge on any atom is -0.486 e. The van der Waals surface area contributed by atoms with Gasteiger partial charge in [-0.05, 0) is 48.9 Å². The van der Waals surface area contributed by atoms with Gasteiger partial charge in [0, 0.05) is 4.47 Å². The van der Waals surface area contributed by atoms with Crippen molar-refractivity contribution in [2.75, 3.05) is 5.32 Å². The topological polar surface area (TPSA) is 82.2 Å². The number of nitrogens with one attached hydrogen (secondary N) is 1. The third kappa shape index (κ3) is 5.15. The maximum Gasteiger partial charge on any atom is 0.293 e. The molecule has 0 radical (unpaired) electrons. The van der Waals surface area contributed by atoms with Crippen LogP contribution in [0.1, 0.15) is 27.4 Å². The molecule has 152 valence electrons. The number of aromatic nitrogens is 3. The molecular weight excluding hydrogens is 448 g/mol. The van der Waals surface area contributed by atoms with E-state index in [2.05, 4.69) is 37.4 Å². The van der Waals surface area contributed by atoms with Crippen LogP contribution in [0.4, 0.5) is 5.95 Å². The molecule has 0 fully saturated rings. The van der Waals surface area contributed by atoms with Gasteiger partial charge in [-0.15, -0.1) is 5.10 Å². The molecule has 4 rings (SSSR count). The van der Waals surface area contributed by atoms with E-state index in [-0.39, 0.29) is 18.3 Å². The molecule has 2 aromatic carbocycles. The Morgan fingerprint density at radius 3 is 2.80 bits per heavy atom. The van der Waals surface area contributed by atoms with Gasteiger partial charge in [0.15, 0.2) is 5.76 Å². The van der Waals surface area contributed by atoms with Gasteiger partial charge in [0.05, 0.1) is 6.54 Å². The smallest absolute Gasteiger partial charge is 0.293 e. The summed E-state index contributed by atoms with van der Waals surface area (Å²) >= 11 is 3.38. The quantitative estimate of drug-likeness (QED) is 0.422. The number of halogens is 1. The normalized spacial score (nSPS) is 10.7. The van der Waals surface area contributed by atoms with Gasteiger partial charge in [0.25, 0.3) is 5.91 Å². The molecule has 0 saturated heterocycles. The number of carbonyl (C=O) groups excluding carboxylic acids is 1. The highest BCUT2D eigenvalue weighted by atomic mass is 79.9. The number of ether oxygens (including phenoxy) is 1. The Morgan fingerprint density at radius 1 is 1.17 bits per heavy atom. The molecule has 0 saturated carbocycles. The number of rotatable bonds is 7. The van der Waals surface area contributed by atoms with Gasteiger partial charge in [-0.3, -0.25) is 10.1 Å². The molecular formula is C22H19BrN4O3. The number of anilines is 1. The van der Waals surface area contributed by atoms with Crippen LogP contribution in [0, 0.1) is 6.92 Å². The summed E-state index contributed by atoms with van der Waals surface area (Å²) in [5.74, 6) is 1.22. The number of benzene rings is 2. The molecule has 30 heavy (non-hydrogen) atoms. The second kappa shape index (κ2) is 8.96. The Morgan fingerprint density at radius 2 is 2.00 bits per heavy atom. The largest absolute Gasteiger partial charge is 0.486 e. The number of hydrogen-bond donors (Lipinski definition) is 1. The first-order valence-electron chi connectivity index (χ1n) is 9.28. The van der Waals surface area contributed by atoms with Crippen molar-refractivity contribution in [3.05, 3.63) is 94.1 Å². The van der Waals surface area contributed by atoms with Crippen molar-refractivity contribution in [2.45, 2.75) is 20.1 Å². The highest BCUT2D eigenvalue weighted by Gasteiger charge is 2.14. The van der Waals surface area contributed by atoms with Crippen molar-refractivity contribution in [3.63, 3.8) is 0 Å². The molecule has 0 bridgehead atoms. The van der Waals surface area contributed by atoms with E-state index in [9.17, 15) is 4.79 Å². The molecule has 0 aliphatic carbocycles. The van der Waals surface area contributed by atoms with Crippen LogP contribution in [0.2, 0.25) is 0 Å². The van der Waals surface area contributed by atoms with Crippen molar-refractivity contribution in [1.82, 2.24) is 14.8 Å². The average Bonchev–Trinajstić information content (AvgIpc) is 3.37. The van der Waals surface area contributed by atoms with Crippen LogP contribution < -0.4 is 10.1 Å². The molecule has 2 aromatic heterocycles. The van der Waals surface area contributed by atoms with Crippen molar-refractivity contribution in [2.24, 2.45) is 0 Å². The number of nitrogens with zero attached hydrogens (tertiary/aromatic N) is 3. The minimum absolute atomic E-state index is 0.166. The molecule has 1 N–H and O–H groups in total. The summed E-state index contributed by atoms with van der Waals surface area (Å²) in [6.07, 6.45) is 1.58. The number of furan rings is 1. The lowest BCUT2D eigenvalue weighted by atomic mass is 10.1. The van der Waals surface area contributed by atoms with Crippen LogP contribution in [0.5, 0.6) is 5.75 Å². The molecule has 1 amide bonds. The number of amides is 1. The zero-order valence-electron chi connectivity index (χ0n) is 16.2. The van der Waals surface area contributed by atoms with E-state index in [0.29, 0.717) is 18.1 Å². The summed E-state index contributed by atoms with van der Waals surface area (Å²) in [5, 5.41) is 6.94. The highest BCUT2D eigenvalue weighted by molar-refractivity contribution is 9.10. The first-order chi connectivity index (χ1) is 14.5. The van der Waals surface area contributed by atoms with Crippen LogP contribution >= 0.6 is 15.9 Å². The maximum atomic E-state index is 12.4. The number of carbonyl (C=O) groups is 1. The van der Waals surface area contributed by atoms with Crippen LogP contribution in [-0.2, 0) is 13.2 Å². The van der Waals surface area contributed by atoms with E-state index >= 15 is 0 Å². The highest BCUT2D eigenvalue weighted by Crippen LogP contribution is 2.18. The lowest BCUT2D eigenvalue weighted by Crippen LogP contribution is -2.12. The fraction of sp³-hybridized carbons (Fsp3) is 0.136. The molecule has 0 aliphatic heterocycles. The lowest BCUT2D eigenvalue weighted by Gasteiger charge is -2.04. The molecule has 0 atom stereocenters. The Balaban J connectivity index is 1.33. The summed E-state index contributed by atoms with van der Waals surface area (Å²) in [5.41, 5.74) is 2.29. The Bertz CT molecular complexity index is 1150. The van der Waals surface area contributed by atoms with Crippen molar-refractivity contribution < 1.29 is 13.9 Å². The van der Waals surface area contributed by atoms with Crippen LogP contribution in [0.15, 0.2) is 75.9 Å². The van der Waals surface area contributed by atoms with E-state index in [1.807, 2.05) is 49.4 Å². The third-order valence-corrected chi connectivity index (χ3v) is 4.80. The van der Waals surface area contributed by atoms with Crippen molar-refractivity contribution in [3.8, 4) is 5.75 Å². The van der Waals surface area contributed by atoms with E-state index in [4.69, 9.17) is 9.15 Å². The van der Waals surface area contributed by atoms with Gasteiger partial charge in [-0.1, -0.05) is 45.8 Å². The fourth-order valence-corrected chi connectivity index (χ4v) is 3.12. The summed E-state index contributed by atoms with van der Waals surface area (Å²) in [6, 6.07) is 18.9. The molecule has 0 aliphatic rings. The first-order valence-corrected chi connectivity index (χ1v) is 10.1. The zero-order valence-corrected chi connectivity index (χ0v) is 17.8. The monoisotopic (exact) mass is 466 g/mol. The van der Waals surface area contributed by atoms with Gasteiger partial charge in [-0.25, -0.2) is 9.67 Å². The molecule has 7 nitrogen and oxygen atoms in total. The Kier molecular flexibility index (Phi) is 5.94. The molecule has 4 aromatic rings. The third-order valence-electron chi connectivity index (χ3n) is 4.27. The number of aryl methyl sites for hydroxylation is 1. The van der Waals surface area contributed by atoms with E-state index in [1.54, 1.807) is 23.1 Å². The molecule has 0 unspecified atom stereocenters. The van der Waals surface area contributed by atoms with Crippen LogP contribution in [0.25, 0.3) is 0 Å². The minimum atomic E-state index is -0.418. The van der Waals surface area contributed by atoms with Crippen molar-refractivity contribution in [1.29, 1.82) is 0 Å². The first kappa shape index (κ1) is 19.9. The molecule has 8 heteroatoms. The van der Waals surface area contributed by atoms with E-state index in [1.165, 1.54) is 5.56 Å². The maximum absolute atomic E-state index is 12.4. The SMILES string of the molecule is Cc1cccc(Cn2cnc(NC(=O)c3ccc(COc4ccc(Br)cc4)o3)n2)c1. The number of hydrogen-bond acceptors (Lipinski definition) is 5. The van der Waals surface area contributed by atoms with Gasteiger partial charge in [-0.2, -0.15) is 0 Å². The summed E-state index contributed by atoms with van der Waals surface area (Å²) in [4.78, 5) is 16.6. The van der Waals surface area contributed by atoms with Crippen LogP contribution in [0.3, 0.4) is 0 Å². The van der Waals surface area contributed by atoms with Crippen molar-refractivity contribution >= 4 is 27.8 Å². The Hall–Kier alpha value is -3.39. The standard InChI is InChI=1S/C22H19BrN4O3/c1-15-3-2-4-16(11-15)12-27-14-24-22(26-27)25-21(28)20-10-9-19(30-20)13-29-18-7-5-17(23)6-8-18/h2-11,14H,12-13H2,1H3,(H,25,26,28). The lowest BCUT2D eigenvalue weighted by molar-refractivity contribution is 0.0991. The van der Waals surface area contributed by atoms with Gasteiger partial charge < -0.3 is 9.15 Å². The Labute approximate surface area is 181 Å². The van der Waals surface area contributed by atoms with Crippen LogP contribution in [-0.4, -0.2) is 20.7 Å². The van der Waals surface area contributed by atoms with Gasteiger partial charge in [0.1, 0.15) is 24.4 Å². The predicted octanol–water partition coefficient (Wildman–Crippen LogP) is 4.82. The summed E-state index contributed by atoms with van der Waals surface area (Å²) in [7, 11) is 0. The molecule has 0 spiro atoms. The fourth-order valence-electron chi connectivity index (χ4n) is 2.85. The summed E-state index contributed by atoms with van der Waals surface area (Å²) in [6.45, 7) is 2.83. The van der Waals surface area contributed by atoms with E-state index < -0.39 is 5.91 Å². The average molecular weight is 467 g/mol. The summed E-state index contributed by atoms with van der Waals surface area (Å²) < 4.78 is 13.9. The van der Waals surface area contributed by atoms with Gasteiger partial charge in [0.2, 0.25) is 5.95 Å². The second-order valence-electron chi connectivity index (χ2n) is 6.72. The van der Waals surface area contributed by atoms with Gasteiger partial charge >= 0.3 is 0 Å². The molecule has 2 heterocycles. The van der Waals surface area contributed by atoms with E-state index in [0.717, 1.165) is 10.0 Å². The predicted molar refractivity (Wildman–Crippen MR) is 115 cm³/mol.